The fraction of sp³-hybridized carbons (Fsp3) is 0.0909. The molecule has 0 aliphatic rings. The molecule has 0 saturated carbocycles. The summed E-state index contributed by atoms with van der Waals surface area (Å²) in [6.45, 7) is 0. The van der Waals surface area contributed by atoms with Crippen LogP contribution in [0.3, 0.4) is 0 Å². The van der Waals surface area contributed by atoms with Crippen molar-refractivity contribution in [3.63, 3.8) is 0 Å². The van der Waals surface area contributed by atoms with E-state index in [9.17, 15) is 0 Å². The number of aromatic nitrogens is 8. The number of aryl methyl sites for hydroxylation is 1. The first-order valence-corrected chi connectivity index (χ1v) is 11.6. The number of nitriles is 1. The Balaban J connectivity index is 1.56. The number of ether oxygens (including phenoxy) is 1. The van der Waals surface area contributed by atoms with Crippen molar-refractivity contribution >= 4 is 45.9 Å². The van der Waals surface area contributed by atoms with Crippen LogP contribution in [0.5, 0.6) is 5.75 Å². The fourth-order valence-electron chi connectivity index (χ4n) is 3.38. The maximum absolute atomic E-state index is 9.14. The second kappa shape index (κ2) is 9.90. The molecule has 0 aliphatic heterocycles. The smallest absolute Gasteiger partial charge is 0.208 e. The number of rotatable bonds is 7. The van der Waals surface area contributed by atoms with Gasteiger partial charge >= 0.3 is 0 Å². The third-order valence-electron chi connectivity index (χ3n) is 4.89. The van der Waals surface area contributed by atoms with Crippen LogP contribution in [0.25, 0.3) is 22.0 Å². The van der Waals surface area contributed by atoms with Crippen LogP contribution >= 0.6 is 22.9 Å². The minimum absolute atomic E-state index is 0.289. The SMILES string of the molecule is COc1c(Nc2cc(Nc3cccc(C#N)n3)ncc2-c2nnc(Cl)s2)cccc1-c1nnn(C)n1. The summed E-state index contributed by atoms with van der Waals surface area (Å²) in [7, 11) is 3.26. The van der Waals surface area contributed by atoms with E-state index in [0.717, 1.165) is 0 Å². The molecule has 0 saturated heterocycles. The predicted molar refractivity (Wildman–Crippen MR) is 134 cm³/mol. The quantitative estimate of drug-likeness (QED) is 0.319. The summed E-state index contributed by atoms with van der Waals surface area (Å²) in [5, 5.41) is 36.6. The van der Waals surface area contributed by atoms with E-state index in [-0.39, 0.29) is 5.69 Å². The van der Waals surface area contributed by atoms with Crippen molar-refractivity contribution in [1.29, 1.82) is 5.26 Å². The number of hydrogen-bond acceptors (Lipinski definition) is 12. The molecular formula is C22H16ClN11OS. The predicted octanol–water partition coefficient (Wildman–Crippen LogP) is 4.21. The average molecular weight is 518 g/mol. The van der Waals surface area contributed by atoms with Crippen LogP contribution in [-0.2, 0) is 7.05 Å². The lowest BCUT2D eigenvalue weighted by atomic mass is 10.1. The van der Waals surface area contributed by atoms with Gasteiger partial charge in [0.05, 0.1) is 36.7 Å². The van der Waals surface area contributed by atoms with Crippen LogP contribution in [0.2, 0.25) is 4.47 Å². The molecule has 12 nitrogen and oxygen atoms in total. The molecule has 0 amide bonds. The molecule has 0 fully saturated rings. The van der Waals surface area contributed by atoms with E-state index in [1.807, 2.05) is 24.3 Å². The third-order valence-corrected chi connectivity index (χ3v) is 5.94. The Morgan fingerprint density at radius 1 is 1.03 bits per heavy atom. The van der Waals surface area contributed by atoms with Crippen LogP contribution in [0.4, 0.5) is 23.0 Å². The van der Waals surface area contributed by atoms with Gasteiger partial charge in [-0.2, -0.15) is 10.1 Å². The standard InChI is InChI=1S/C22H16ClN11OS/c1-34-32-20(29-33-34)13-6-4-7-15(19(13)35-2)27-16-9-18(28-17-8-3-5-12(10-24)26-17)25-11-14(16)21-30-31-22(23)36-21/h3-9,11H,1-2H3,(H2,25,26,27,28). The first-order valence-electron chi connectivity index (χ1n) is 10.4. The zero-order chi connectivity index (χ0) is 25.1. The first-order chi connectivity index (χ1) is 17.5. The number of para-hydroxylation sites is 1. The van der Waals surface area contributed by atoms with Gasteiger partial charge in [-0.25, -0.2) is 9.97 Å². The van der Waals surface area contributed by atoms with Gasteiger partial charge in [0.25, 0.3) is 0 Å². The van der Waals surface area contributed by atoms with Gasteiger partial charge in [-0.1, -0.05) is 23.5 Å². The summed E-state index contributed by atoms with van der Waals surface area (Å²) in [4.78, 5) is 10.1. The Morgan fingerprint density at radius 2 is 1.89 bits per heavy atom. The minimum Gasteiger partial charge on any atom is -0.494 e. The van der Waals surface area contributed by atoms with Crippen molar-refractivity contribution in [2.24, 2.45) is 7.05 Å². The summed E-state index contributed by atoms with van der Waals surface area (Å²) in [5.41, 5.74) is 2.94. The van der Waals surface area contributed by atoms with Crippen molar-refractivity contribution in [2.45, 2.75) is 0 Å². The van der Waals surface area contributed by atoms with Crippen molar-refractivity contribution in [3.8, 4) is 33.8 Å². The number of benzene rings is 1. The molecule has 5 rings (SSSR count). The Kier molecular flexibility index (Phi) is 6.35. The van der Waals surface area contributed by atoms with Crippen LogP contribution in [0, 0.1) is 11.3 Å². The van der Waals surface area contributed by atoms with Crippen LogP contribution in [-0.4, -0.2) is 47.5 Å². The summed E-state index contributed by atoms with van der Waals surface area (Å²) in [6, 6.07) is 14.5. The third kappa shape index (κ3) is 4.76. The Labute approximate surface area is 213 Å². The van der Waals surface area contributed by atoms with Gasteiger partial charge in [-0.3, -0.25) is 0 Å². The summed E-state index contributed by atoms with van der Waals surface area (Å²) in [5.74, 6) is 1.92. The second-order valence-corrected chi connectivity index (χ2v) is 8.79. The van der Waals surface area contributed by atoms with Crippen molar-refractivity contribution in [3.05, 3.63) is 58.8 Å². The number of halogens is 1. The van der Waals surface area contributed by atoms with E-state index in [2.05, 4.69) is 46.2 Å². The highest BCUT2D eigenvalue weighted by Gasteiger charge is 2.18. The average Bonchev–Trinajstić information content (AvgIpc) is 3.52. The highest BCUT2D eigenvalue weighted by atomic mass is 35.5. The summed E-state index contributed by atoms with van der Waals surface area (Å²) < 4.78 is 6.02. The fourth-order valence-corrected chi connectivity index (χ4v) is 4.23. The van der Waals surface area contributed by atoms with Crippen molar-refractivity contribution < 1.29 is 4.74 Å². The number of hydrogen-bond donors (Lipinski definition) is 2. The molecule has 2 N–H and O–H groups in total. The molecule has 0 bridgehead atoms. The summed E-state index contributed by atoms with van der Waals surface area (Å²) >= 11 is 7.27. The number of methoxy groups -OCH3 is 1. The van der Waals surface area contributed by atoms with E-state index >= 15 is 0 Å². The van der Waals surface area contributed by atoms with Gasteiger partial charge < -0.3 is 15.4 Å². The first kappa shape index (κ1) is 23.1. The second-order valence-electron chi connectivity index (χ2n) is 7.23. The van der Waals surface area contributed by atoms with Gasteiger partial charge in [-0.05, 0) is 41.1 Å². The lowest BCUT2D eigenvalue weighted by molar-refractivity contribution is 0.418. The Morgan fingerprint density at radius 3 is 2.61 bits per heavy atom. The van der Waals surface area contributed by atoms with E-state index in [1.54, 1.807) is 44.6 Å². The van der Waals surface area contributed by atoms with Gasteiger partial charge in [0, 0.05) is 12.3 Å². The lowest BCUT2D eigenvalue weighted by Gasteiger charge is -2.16. The van der Waals surface area contributed by atoms with E-state index in [4.69, 9.17) is 21.6 Å². The van der Waals surface area contributed by atoms with Crippen LogP contribution in [0.15, 0.2) is 48.7 Å². The molecular weight excluding hydrogens is 502 g/mol. The van der Waals surface area contributed by atoms with Crippen LogP contribution < -0.4 is 15.4 Å². The highest BCUT2D eigenvalue weighted by molar-refractivity contribution is 7.18. The van der Waals surface area contributed by atoms with Gasteiger partial charge in [0.1, 0.15) is 23.4 Å². The molecule has 0 radical (unpaired) electrons. The molecule has 0 atom stereocenters. The molecule has 36 heavy (non-hydrogen) atoms. The number of anilines is 4. The molecule has 14 heteroatoms. The lowest BCUT2D eigenvalue weighted by Crippen LogP contribution is -2.02. The van der Waals surface area contributed by atoms with Gasteiger partial charge in [0.15, 0.2) is 10.8 Å². The largest absolute Gasteiger partial charge is 0.494 e. The van der Waals surface area contributed by atoms with Gasteiger partial charge in [0.2, 0.25) is 10.3 Å². The topological polar surface area (TPSA) is 152 Å². The molecule has 5 aromatic rings. The highest BCUT2D eigenvalue weighted by Crippen LogP contribution is 2.40. The normalized spacial score (nSPS) is 10.6. The molecule has 0 spiro atoms. The zero-order valence-electron chi connectivity index (χ0n) is 18.8. The number of tetrazole rings is 1. The summed E-state index contributed by atoms with van der Waals surface area (Å²) in [6.07, 6.45) is 1.65. The molecule has 0 aliphatic carbocycles. The monoisotopic (exact) mass is 517 g/mol. The number of nitrogens with zero attached hydrogens (tertiary/aromatic N) is 9. The van der Waals surface area contributed by atoms with Gasteiger partial charge in [-0.15, -0.1) is 20.4 Å². The van der Waals surface area contributed by atoms with E-state index in [0.29, 0.717) is 55.2 Å². The zero-order valence-corrected chi connectivity index (χ0v) is 20.4. The Bertz CT molecular complexity index is 1590. The molecule has 0 unspecified atom stereocenters. The van der Waals surface area contributed by atoms with Crippen molar-refractivity contribution in [1.82, 2.24) is 40.4 Å². The Hall–Kier alpha value is -4.67. The maximum Gasteiger partial charge on any atom is 0.208 e. The maximum atomic E-state index is 9.14. The molecule has 4 aromatic heterocycles. The minimum atomic E-state index is 0.289. The van der Waals surface area contributed by atoms with E-state index < -0.39 is 0 Å². The van der Waals surface area contributed by atoms with E-state index in [1.165, 1.54) is 16.1 Å². The molecule has 1 aromatic carbocycles. The number of nitrogens with one attached hydrogen (secondary N) is 2. The molecule has 4 heterocycles. The van der Waals surface area contributed by atoms with Crippen molar-refractivity contribution in [2.75, 3.05) is 17.7 Å². The van der Waals surface area contributed by atoms with Crippen LogP contribution in [0.1, 0.15) is 5.69 Å². The number of pyridine rings is 2. The molecule has 178 valence electrons.